The third-order valence-electron chi connectivity index (χ3n) is 3.94. The Morgan fingerprint density at radius 3 is 2.35 bits per heavy atom. The summed E-state index contributed by atoms with van der Waals surface area (Å²) in [5.41, 5.74) is 0.389. The number of fused-ring (bicyclic) bond motifs is 1. The zero-order valence-corrected chi connectivity index (χ0v) is 14.1. The number of carbonyl (C=O) groups is 1. The molecule has 0 fully saturated rings. The van der Waals surface area contributed by atoms with Crippen LogP contribution in [0.25, 0.3) is 11.0 Å². The van der Waals surface area contributed by atoms with Crippen molar-refractivity contribution < 1.29 is 4.79 Å². The lowest BCUT2D eigenvalue weighted by Crippen LogP contribution is -2.43. The van der Waals surface area contributed by atoms with E-state index in [1.807, 2.05) is 6.07 Å². The van der Waals surface area contributed by atoms with Gasteiger partial charge in [0, 0.05) is 12.7 Å². The fourth-order valence-corrected chi connectivity index (χ4v) is 2.73. The van der Waals surface area contributed by atoms with Gasteiger partial charge in [-0.3, -0.25) is 28.5 Å². The maximum absolute atomic E-state index is 12.5. The van der Waals surface area contributed by atoms with Crippen LogP contribution in [0.1, 0.15) is 5.69 Å². The first-order valence-corrected chi connectivity index (χ1v) is 8.11. The van der Waals surface area contributed by atoms with Crippen molar-refractivity contribution in [1.29, 1.82) is 0 Å². The first-order chi connectivity index (χ1) is 12.6. The highest BCUT2D eigenvalue weighted by atomic mass is 16.2. The minimum absolute atomic E-state index is 0.224. The summed E-state index contributed by atoms with van der Waals surface area (Å²) in [4.78, 5) is 41.3. The van der Waals surface area contributed by atoms with Gasteiger partial charge in [-0.05, 0) is 24.3 Å². The van der Waals surface area contributed by atoms with Crippen LogP contribution in [-0.2, 0) is 24.4 Å². The van der Waals surface area contributed by atoms with Crippen molar-refractivity contribution in [3.63, 3.8) is 0 Å². The molecule has 0 unspecified atom stereocenters. The Morgan fingerprint density at radius 1 is 1.04 bits per heavy atom. The van der Waals surface area contributed by atoms with E-state index in [2.05, 4.69) is 16.9 Å². The van der Waals surface area contributed by atoms with Crippen molar-refractivity contribution in [1.82, 2.24) is 19.4 Å². The zero-order valence-electron chi connectivity index (χ0n) is 14.1. The third-order valence-corrected chi connectivity index (χ3v) is 3.94. The lowest BCUT2D eigenvalue weighted by molar-refractivity contribution is -0.121. The summed E-state index contributed by atoms with van der Waals surface area (Å²) >= 11 is 0. The van der Waals surface area contributed by atoms with E-state index in [0.29, 0.717) is 16.7 Å². The Hall–Kier alpha value is -3.48. The largest absolute Gasteiger partial charge is 0.349 e. The predicted octanol–water partition coefficient (Wildman–Crippen LogP) is 1.06. The van der Waals surface area contributed by atoms with Gasteiger partial charge in [0.1, 0.15) is 6.54 Å². The molecule has 0 bridgehead atoms. The molecule has 2 heterocycles. The summed E-state index contributed by atoms with van der Waals surface area (Å²) in [6, 6.07) is 12.4. The molecule has 1 amide bonds. The minimum atomic E-state index is -0.737. The highest BCUT2D eigenvalue weighted by Gasteiger charge is 2.14. The van der Waals surface area contributed by atoms with Crippen molar-refractivity contribution in [3.8, 4) is 0 Å². The molecule has 1 aromatic carbocycles. The van der Waals surface area contributed by atoms with Gasteiger partial charge in [-0.15, -0.1) is 6.58 Å². The van der Waals surface area contributed by atoms with Crippen molar-refractivity contribution in [2.75, 3.05) is 0 Å². The fraction of sp³-hybridized carbons (Fsp3) is 0.158. The van der Waals surface area contributed by atoms with Gasteiger partial charge in [0.15, 0.2) is 0 Å². The average Bonchev–Trinajstić information content (AvgIpc) is 2.68. The smallest absolute Gasteiger partial charge is 0.317 e. The average molecular weight is 350 g/mol. The number of nitrogens with zero attached hydrogens (tertiary/aromatic N) is 3. The van der Waals surface area contributed by atoms with Crippen molar-refractivity contribution in [2.24, 2.45) is 0 Å². The van der Waals surface area contributed by atoms with Crippen LogP contribution < -0.4 is 16.4 Å². The minimum Gasteiger partial charge on any atom is -0.349 e. The van der Waals surface area contributed by atoms with E-state index in [1.54, 1.807) is 48.7 Å². The number of nitrogens with one attached hydrogen (secondary N) is 1. The van der Waals surface area contributed by atoms with E-state index in [4.69, 9.17) is 0 Å². The van der Waals surface area contributed by atoms with Gasteiger partial charge >= 0.3 is 11.1 Å². The number of allylic oxidation sites excluding steroid dienone is 1. The number of hydrogen-bond donors (Lipinski definition) is 1. The number of rotatable bonds is 6. The molecular weight excluding hydrogens is 332 g/mol. The van der Waals surface area contributed by atoms with Gasteiger partial charge < -0.3 is 5.32 Å². The van der Waals surface area contributed by atoms with Crippen LogP contribution in [-0.4, -0.2) is 20.0 Å². The zero-order chi connectivity index (χ0) is 18.5. The topological polar surface area (TPSA) is 86.0 Å². The summed E-state index contributed by atoms with van der Waals surface area (Å²) in [6.07, 6.45) is 3.19. The van der Waals surface area contributed by atoms with Gasteiger partial charge in [0.05, 0.1) is 23.3 Å². The molecule has 0 aliphatic rings. The lowest BCUT2D eigenvalue weighted by Gasteiger charge is -2.14. The van der Waals surface area contributed by atoms with Crippen LogP contribution in [0, 0.1) is 0 Å². The van der Waals surface area contributed by atoms with Crippen LogP contribution in [0.4, 0.5) is 0 Å². The Morgan fingerprint density at radius 2 is 1.69 bits per heavy atom. The molecule has 0 atom stereocenters. The number of pyridine rings is 1. The Labute approximate surface area is 149 Å². The Bertz CT molecular complexity index is 1070. The summed E-state index contributed by atoms with van der Waals surface area (Å²) < 4.78 is 2.55. The third kappa shape index (κ3) is 3.46. The molecule has 7 nitrogen and oxygen atoms in total. The molecule has 26 heavy (non-hydrogen) atoms. The molecule has 2 aromatic heterocycles. The normalized spacial score (nSPS) is 10.6. The van der Waals surface area contributed by atoms with E-state index in [0.717, 1.165) is 0 Å². The molecule has 7 heteroatoms. The van der Waals surface area contributed by atoms with Crippen molar-refractivity contribution in [3.05, 3.63) is 87.7 Å². The molecule has 0 saturated carbocycles. The van der Waals surface area contributed by atoms with Gasteiger partial charge in [-0.25, -0.2) is 0 Å². The maximum Gasteiger partial charge on any atom is 0.317 e. The second kappa shape index (κ2) is 7.60. The monoisotopic (exact) mass is 350 g/mol. The quantitative estimate of drug-likeness (QED) is 0.532. The number of hydrogen-bond acceptors (Lipinski definition) is 4. The summed E-state index contributed by atoms with van der Waals surface area (Å²) in [6.45, 7) is 3.85. The van der Waals surface area contributed by atoms with Crippen LogP contribution >= 0.6 is 0 Å². The molecule has 0 saturated heterocycles. The Kier molecular flexibility index (Phi) is 5.07. The second-order valence-electron chi connectivity index (χ2n) is 5.68. The van der Waals surface area contributed by atoms with Crippen LogP contribution in [0.3, 0.4) is 0 Å². The van der Waals surface area contributed by atoms with Crippen molar-refractivity contribution in [2.45, 2.75) is 19.6 Å². The molecule has 1 N–H and O–H groups in total. The summed E-state index contributed by atoms with van der Waals surface area (Å²) in [7, 11) is 0. The van der Waals surface area contributed by atoms with Crippen LogP contribution in [0.2, 0.25) is 0 Å². The van der Waals surface area contributed by atoms with E-state index in [1.165, 1.54) is 9.13 Å². The molecule has 3 aromatic rings. The standard InChI is InChI=1S/C19H18N4O3/c1-2-11-22-15-8-3-4-9-16(15)23(19(26)18(22)25)13-17(24)21-12-14-7-5-6-10-20-14/h2-10H,1,11-13H2,(H,21,24). The van der Waals surface area contributed by atoms with Gasteiger partial charge in [-0.1, -0.05) is 24.3 Å². The molecule has 3 rings (SSSR count). The van der Waals surface area contributed by atoms with E-state index >= 15 is 0 Å². The Balaban J connectivity index is 1.92. The van der Waals surface area contributed by atoms with Crippen LogP contribution in [0.5, 0.6) is 0 Å². The van der Waals surface area contributed by atoms with Gasteiger partial charge in [-0.2, -0.15) is 0 Å². The fourth-order valence-electron chi connectivity index (χ4n) is 2.73. The SMILES string of the molecule is C=CCn1c(=O)c(=O)n(CC(=O)NCc2ccccn2)c2ccccc21. The summed E-state index contributed by atoms with van der Waals surface area (Å²) in [5.74, 6) is -0.372. The second-order valence-corrected chi connectivity index (χ2v) is 5.68. The number of benzene rings is 1. The summed E-state index contributed by atoms with van der Waals surface area (Å²) in [5, 5.41) is 2.71. The molecule has 0 aliphatic carbocycles. The lowest BCUT2D eigenvalue weighted by atomic mass is 10.2. The maximum atomic E-state index is 12.5. The van der Waals surface area contributed by atoms with Crippen LogP contribution in [0.15, 0.2) is 70.9 Å². The highest BCUT2D eigenvalue weighted by molar-refractivity contribution is 5.80. The van der Waals surface area contributed by atoms with Crippen molar-refractivity contribution >= 4 is 16.9 Å². The predicted molar refractivity (Wildman–Crippen MR) is 98.7 cm³/mol. The molecular formula is C19H18N4O3. The van der Waals surface area contributed by atoms with E-state index < -0.39 is 11.1 Å². The first-order valence-electron chi connectivity index (χ1n) is 8.11. The van der Waals surface area contributed by atoms with Gasteiger partial charge in [0.2, 0.25) is 5.91 Å². The molecule has 0 spiro atoms. The number of aromatic nitrogens is 3. The molecule has 0 aliphatic heterocycles. The first kappa shape index (κ1) is 17.3. The number of carbonyl (C=O) groups excluding carboxylic acids is 1. The number of para-hydroxylation sites is 2. The highest BCUT2D eigenvalue weighted by Crippen LogP contribution is 2.10. The van der Waals surface area contributed by atoms with E-state index in [-0.39, 0.29) is 25.5 Å². The molecule has 0 radical (unpaired) electrons. The van der Waals surface area contributed by atoms with Gasteiger partial charge in [0.25, 0.3) is 0 Å². The van der Waals surface area contributed by atoms with E-state index in [9.17, 15) is 14.4 Å². The molecule has 132 valence electrons. The number of amides is 1.